The molecular formula is C24H27N3O4S. The van der Waals surface area contributed by atoms with Crippen molar-refractivity contribution < 1.29 is 19.4 Å². The highest BCUT2D eigenvalue weighted by Crippen LogP contribution is 2.39. The van der Waals surface area contributed by atoms with E-state index < -0.39 is 11.4 Å². The molecule has 0 unspecified atom stereocenters. The van der Waals surface area contributed by atoms with Gasteiger partial charge in [-0.1, -0.05) is 6.07 Å². The van der Waals surface area contributed by atoms with Gasteiger partial charge in [-0.15, -0.1) is 11.3 Å². The van der Waals surface area contributed by atoms with Crippen LogP contribution in [0.1, 0.15) is 54.9 Å². The van der Waals surface area contributed by atoms with Crippen molar-refractivity contribution in [3.8, 4) is 11.5 Å². The number of fused-ring (bicyclic) bond motifs is 4. The van der Waals surface area contributed by atoms with Crippen LogP contribution in [-0.2, 0) is 30.6 Å². The van der Waals surface area contributed by atoms with Crippen LogP contribution in [0.15, 0.2) is 18.2 Å². The van der Waals surface area contributed by atoms with Gasteiger partial charge in [-0.2, -0.15) is 0 Å². The van der Waals surface area contributed by atoms with E-state index in [0.717, 1.165) is 45.9 Å². The van der Waals surface area contributed by atoms with Gasteiger partial charge in [-0.3, -0.25) is 4.79 Å². The molecule has 8 heteroatoms. The quantitative estimate of drug-likeness (QED) is 0.522. The van der Waals surface area contributed by atoms with Crippen molar-refractivity contribution in [2.24, 2.45) is 5.41 Å². The second-order valence-corrected chi connectivity index (χ2v) is 10.2. The van der Waals surface area contributed by atoms with E-state index in [4.69, 9.17) is 19.4 Å². The zero-order chi connectivity index (χ0) is 22.3. The lowest BCUT2D eigenvalue weighted by Gasteiger charge is -2.18. The van der Waals surface area contributed by atoms with E-state index in [0.29, 0.717) is 25.2 Å². The van der Waals surface area contributed by atoms with Crippen molar-refractivity contribution in [2.75, 3.05) is 12.1 Å². The van der Waals surface area contributed by atoms with E-state index in [1.54, 1.807) is 25.2 Å². The van der Waals surface area contributed by atoms with Crippen molar-refractivity contribution in [3.63, 3.8) is 0 Å². The van der Waals surface area contributed by atoms with Crippen LogP contribution in [0.3, 0.4) is 0 Å². The molecule has 1 aliphatic heterocycles. The molecule has 3 aromatic rings. The Kier molecular flexibility index (Phi) is 5.41. The van der Waals surface area contributed by atoms with Crippen LogP contribution in [0.2, 0.25) is 0 Å². The number of anilines is 1. The maximum absolute atomic E-state index is 11.5. The molecule has 1 aliphatic carbocycles. The standard InChI is InChI=1S/C24H27N3O4S/c1-24(2,23(28)29)10-9-19-26-21(20-15-5-3-4-6-18(15)32-22(20)27-19)25-12-14-7-8-16-17(11-14)31-13-30-16/h7-8,11H,3-6,9-10,12-13H2,1-2H3,(H,28,29)(H,25,26,27). The van der Waals surface area contributed by atoms with Crippen molar-refractivity contribution >= 4 is 33.3 Å². The minimum Gasteiger partial charge on any atom is -0.481 e. The van der Waals surface area contributed by atoms with Crippen LogP contribution < -0.4 is 14.8 Å². The normalized spacial score (nSPS) is 15.1. The lowest BCUT2D eigenvalue weighted by atomic mass is 9.88. The summed E-state index contributed by atoms with van der Waals surface area (Å²) in [6, 6.07) is 5.95. The number of aliphatic carboxylic acids is 1. The van der Waals surface area contributed by atoms with Crippen LogP contribution in [0.25, 0.3) is 10.2 Å². The second kappa shape index (κ2) is 8.24. The number of carbonyl (C=O) groups is 1. The summed E-state index contributed by atoms with van der Waals surface area (Å²) in [5.41, 5.74) is 1.65. The first-order chi connectivity index (χ1) is 15.4. The fourth-order valence-corrected chi connectivity index (χ4v) is 5.49. The summed E-state index contributed by atoms with van der Waals surface area (Å²) in [7, 11) is 0. The summed E-state index contributed by atoms with van der Waals surface area (Å²) in [6.45, 7) is 4.36. The SMILES string of the molecule is CC(C)(CCc1nc(NCc2ccc3c(c2)OCO3)c2c3c(sc2n1)CCCC3)C(=O)O. The Balaban J connectivity index is 1.46. The average molecular weight is 454 g/mol. The van der Waals surface area contributed by atoms with Crippen LogP contribution >= 0.6 is 11.3 Å². The van der Waals surface area contributed by atoms with Gasteiger partial charge in [-0.05, 0) is 69.2 Å². The first-order valence-corrected chi connectivity index (χ1v) is 11.9. The summed E-state index contributed by atoms with van der Waals surface area (Å²) < 4.78 is 10.9. The molecular weight excluding hydrogens is 426 g/mol. The topological polar surface area (TPSA) is 93.6 Å². The second-order valence-electron chi connectivity index (χ2n) is 9.11. The molecule has 168 valence electrons. The Morgan fingerprint density at radius 3 is 2.84 bits per heavy atom. The molecule has 0 fully saturated rings. The highest BCUT2D eigenvalue weighted by Gasteiger charge is 2.28. The number of nitrogens with zero attached hydrogens (tertiary/aromatic N) is 2. The molecule has 3 heterocycles. The lowest BCUT2D eigenvalue weighted by molar-refractivity contribution is -0.147. The van der Waals surface area contributed by atoms with Crippen molar-refractivity contribution in [3.05, 3.63) is 40.0 Å². The molecule has 1 aromatic carbocycles. The van der Waals surface area contributed by atoms with E-state index >= 15 is 0 Å². The maximum Gasteiger partial charge on any atom is 0.309 e. The molecule has 5 rings (SSSR count). The van der Waals surface area contributed by atoms with Crippen LogP contribution in [-0.4, -0.2) is 27.8 Å². The van der Waals surface area contributed by atoms with Crippen molar-refractivity contribution in [1.29, 1.82) is 0 Å². The first-order valence-electron chi connectivity index (χ1n) is 11.1. The fraction of sp³-hybridized carbons (Fsp3) is 0.458. The van der Waals surface area contributed by atoms with Crippen LogP contribution in [0.4, 0.5) is 5.82 Å². The molecule has 2 N–H and O–H groups in total. The Morgan fingerprint density at radius 1 is 1.19 bits per heavy atom. The highest BCUT2D eigenvalue weighted by atomic mass is 32.1. The van der Waals surface area contributed by atoms with Gasteiger partial charge in [0.15, 0.2) is 11.5 Å². The third-order valence-corrected chi connectivity index (χ3v) is 7.50. The third-order valence-electron chi connectivity index (χ3n) is 6.31. The number of hydrogen-bond donors (Lipinski definition) is 2. The number of ether oxygens (including phenoxy) is 2. The summed E-state index contributed by atoms with van der Waals surface area (Å²) in [5.74, 6) is 2.27. The summed E-state index contributed by atoms with van der Waals surface area (Å²) in [4.78, 5) is 23.6. The van der Waals surface area contributed by atoms with E-state index in [-0.39, 0.29) is 6.79 Å². The molecule has 0 saturated heterocycles. The van der Waals surface area contributed by atoms with Crippen LogP contribution in [0.5, 0.6) is 11.5 Å². The predicted octanol–water partition coefficient (Wildman–Crippen LogP) is 4.95. The number of benzene rings is 1. The number of carboxylic acid groups (broad SMARTS) is 1. The highest BCUT2D eigenvalue weighted by molar-refractivity contribution is 7.19. The zero-order valence-electron chi connectivity index (χ0n) is 18.4. The molecule has 0 atom stereocenters. The molecule has 2 aromatic heterocycles. The van der Waals surface area contributed by atoms with Gasteiger partial charge in [0.05, 0.1) is 10.8 Å². The van der Waals surface area contributed by atoms with E-state index in [1.165, 1.54) is 23.3 Å². The van der Waals surface area contributed by atoms with Gasteiger partial charge < -0.3 is 19.9 Å². The van der Waals surface area contributed by atoms with Crippen molar-refractivity contribution in [1.82, 2.24) is 9.97 Å². The van der Waals surface area contributed by atoms with Gasteiger partial charge in [0.2, 0.25) is 6.79 Å². The summed E-state index contributed by atoms with van der Waals surface area (Å²) >= 11 is 1.76. The first kappa shape index (κ1) is 21.0. The Bertz CT molecular complexity index is 1190. The van der Waals surface area contributed by atoms with Gasteiger partial charge in [0.1, 0.15) is 16.5 Å². The minimum absolute atomic E-state index is 0.260. The monoisotopic (exact) mass is 453 g/mol. The minimum atomic E-state index is -0.812. The number of rotatable bonds is 7. The molecule has 0 amide bonds. The lowest BCUT2D eigenvalue weighted by Crippen LogP contribution is -2.24. The molecule has 0 bridgehead atoms. The number of aryl methyl sites for hydroxylation is 3. The van der Waals surface area contributed by atoms with Gasteiger partial charge >= 0.3 is 5.97 Å². The summed E-state index contributed by atoms with van der Waals surface area (Å²) in [5, 5.41) is 14.1. The molecule has 0 radical (unpaired) electrons. The Morgan fingerprint density at radius 2 is 2.00 bits per heavy atom. The van der Waals surface area contributed by atoms with Gasteiger partial charge in [0.25, 0.3) is 0 Å². The van der Waals surface area contributed by atoms with Gasteiger partial charge in [0, 0.05) is 17.8 Å². The third kappa shape index (κ3) is 3.99. The molecule has 0 saturated carbocycles. The molecule has 0 spiro atoms. The number of carboxylic acids is 1. The Labute approximate surface area is 190 Å². The molecule has 32 heavy (non-hydrogen) atoms. The molecule has 2 aliphatic rings. The average Bonchev–Trinajstić information content (AvgIpc) is 3.39. The predicted molar refractivity (Wildman–Crippen MR) is 124 cm³/mol. The van der Waals surface area contributed by atoms with Crippen LogP contribution in [0, 0.1) is 5.41 Å². The van der Waals surface area contributed by atoms with Gasteiger partial charge in [-0.25, -0.2) is 9.97 Å². The summed E-state index contributed by atoms with van der Waals surface area (Å²) in [6.07, 6.45) is 5.57. The smallest absolute Gasteiger partial charge is 0.309 e. The number of aromatic nitrogens is 2. The van der Waals surface area contributed by atoms with Crippen molar-refractivity contribution in [2.45, 2.75) is 58.9 Å². The van der Waals surface area contributed by atoms with E-state index in [9.17, 15) is 9.90 Å². The van der Waals surface area contributed by atoms with E-state index in [1.807, 2.05) is 18.2 Å². The Hall–Kier alpha value is -2.87. The largest absolute Gasteiger partial charge is 0.481 e. The number of thiophene rings is 1. The zero-order valence-corrected chi connectivity index (χ0v) is 19.2. The maximum atomic E-state index is 11.5. The van der Waals surface area contributed by atoms with E-state index in [2.05, 4.69) is 5.32 Å². The number of hydrogen-bond acceptors (Lipinski definition) is 7. The fourth-order valence-electron chi connectivity index (χ4n) is 4.21. The molecule has 7 nitrogen and oxygen atoms in total. The number of nitrogens with one attached hydrogen (secondary N) is 1.